The Morgan fingerprint density at radius 1 is 1.33 bits per heavy atom. The van der Waals surface area contributed by atoms with E-state index in [1.54, 1.807) is 13.8 Å². The first-order valence-electron chi connectivity index (χ1n) is 5.46. The molecular weight excluding hydrogens is 196 g/mol. The van der Waals surface area contributed by atoms with Gasteiger partial charge in [-0.2, -0.15) is 0 Å². The predicted octanol–water partition coefficient (Wildman–Crippen LogP) is 1.99. The lowest BCUT2D eigenvalue weighted by Gasteiger charge is -2.33. The highest BCUT2D eigenvalue weighted by molar-refractivity contribution is 5.84. The van der Waals surface area contributed by atoms with Crippen molar-refractivity contribution in [1.29, 1.82) is 0 Å². The summed E-state index contributed by atoms with van der Waals surface area (Å²) in [6, 6.07) is 0. The molecule has 0 bridgehead atoms. The Balaban J connectivity index is 3.06. The Hall–Kier alpha value is -1.06. The Labute approximate surface area is 89.3 Å². The van der Waals surface area contributed by atoms with Crippen LogP contribution in [0.5, 0.6) is 0 Å². The maximum Gasteiger partial charge on any atom is 0.310 e. The Morgan fingerprint density at radius 3 is 2.07 bits per heavy atom. The van der Waals surface area contributed by atoms with Crippen LogP contribution in [0.4, 0.5) is 0 Å². The number of hydrogen-bond donors (Lipinski definition) is 2. The highest BCUT2D eigenvalue weighted by Crippen LogP contribution is 2.53. The highest BCUT2D eigenvalue weighted by atomic mass is 16.4. The minimum atomic E-state index is -1.04. The molecule has 1 rings (SSSR count). The molecule has 2 atom stereocenters. The molecular formula is C11H18O4. The molecule has 0 spiro atoms. The summed E-state index contributed by atoms with van der Waals surface area (Å²) in [4.78, 5) is 22.5. The van der Waals surface area contributed by atoms with Crippen molar-refractivity contribution in [3.05, 3.63) is 0 Å². The molecule has 0 radical (unpaired) electrons. The van der Waals surface area contributed by atoms with E-state index in [0.29, 0.717) is 12.8 Å². The van der Waals surface area contributed by atoms with E-state index in [9.17, 15) is 14.7 Å². The largest absolute Gasteiger partial charge is 0.481 e. The topological polar surface area (TPSA) is 74.6 Å². The zero-order chi connectivity index (χ0) is 11.6. The molecule has 2 N–H and O–H groups in total. The Kier molecular flexibility index (Phi) is 3.37. The van der Waals surface area contributed by atoms with Gasteiger partial charge in [0.05, 0.1) is 11.3 Å². The zero-order valence-corrected chi connectivity index (χ0v) is 9.19. The number of hydrogen-bond acceptors (Lipinski definition) is 2. The minimum Gasteiger partial charge on any atom is -0.481 e. The summed E-state index contributed by atoms with van der Waals surface area (Å²) in [5, 5.41) is 18.4. The van der Waals surface area contributed by atoms with E-state index in [1.165, 1.54) is 0 Å². The van der Waals surface area contributed by atoms with Gasteiger partial charge in [0, 0.05) is 0 Å². The van der Waals surface area contributed by atoms with Crippen LogP contribution in [0.1, 0.15) is 39.5 Å². The van der Waals surface area contributed by atoms with Gasteiger partial charge in [0.25, 0.3) is 0 Å². The smallest absolute Gasteiger partial charge is 0.310 e. The van der Waals surface area contributed by atoms with Crippen LogP contribution in [0.25, 0.3) is 0 Å². The second-order valence-electron chi connectivity index (χ2n) is 4.27. The van der Waals surface area contributed by atoms with Gasteiger partial charge in [-0.05, 0) is 31.6 Å². The first-order chi connectivity index (χ1) is 7.00. The fraction of sp³-hybridized carbons (Fsp3) is 0.818. The van der Waals surface area contributed by atoms with E-state index in [4.69, 9.17) is 5.11 Å². The van der Waals surface area contributed by atoms with Crippen molar-refractivity contribution in [2.75, 3.05) is 0 Å². The lowest BCUT2D eigenvalue weighted by Crippen LogP contribution is -2.43. The average Bonchev–Trinajstić information content (AvgIpc) is 2.96. The molecule has 0 aliphatic heterocycles. The second-order valence-corrected chi connectivity index (χ2v) is 4.27. The summed E-state index contributed by atoms with van der Waals surface area (Å²) in [6.45, 7) is 3.52. The third kappa shape index (κ3) is 1.85. The maximum absolute atomic E-state index is 11.4. The number of rotatable bonds is 6. The minimum absolute atomic E-state index is 0.0565. The van der Waals surface area contributed by atoms with Crippen LogP contribution in [0, 0.1) is 17.3 Å². The van der Waals surface area contributed by atoms with E-state index in [-0.39, 0.29) is 5.92 Å². The highest BCUT2D eigenvalue weighted by Gasteiger charge is 2.56. The molecule has 0 heterocycles. The quantitative estimate of drug-likeness (QED) is 0.709. The molecule has 0 saturated heterocycles. The summed E-state index contributed by atoms with van der Waals surface area (Å²) in [7, 11) is 0. The van der Waals surface area contributed by atoms with Crippen molar-refractivity contribution in [1.82, 2.24) is 0 Å². The van der Waals surface area contributed by atoms with Crippen LogP contribution in [0.3, 0.4) is 0 Å². The van der Waals surface area contributed by atoms with Gasteiger partial charge >= 0.3 is 11.9 Å². The number of aliphatic carboxylic acids is 2. The van der Waals surface area contributed by atoms with E-state index >= 15 is 0 Å². The van der Waals surface area contributed by atoms with Crippen LogP contribution in [0.2, 0.25) is 0 Å². The fourth-order valence-corrected chi connectivity index (χ4v) is 2.65. The molecule has 2 unspecified atom stereocenters. The summed E-state index contributed by atoms with van der Waals surface area (Å²) in [6.07, 6.45) is 2.48. The lowest BCUT2D eigenvalue weighted by molar-refractivity contribution is -0.165. The van der Waals surface area contributed by atoms with Crippen LogP contribution in [-0.4, -0.2) is 22.2 Å². The molecule has 86 valence electrons. The molecule has 1 aliphatic carbocycles. The van der Waals surface area contributed by atoms with Crippen LogP contribution >= 0.6 is 0 Å². The van der Waals surface area contributed by atoms with Crippen molar-refractivity contribution in [2.45, 2.75) is 39.5 Å². The molecule has 4 nitrogen and oxygen atoms in total. The van der Waals surface area contributed by atoms with E-state index in [0.717, 1.165) is 12.8 Å². The predicted molar refractivity (Wildman–Crippen MR) is 54.5 cm³/mol. The van der Waals surface area contributed by atoms with E-state index < -0.39 is 23.3 Å². The van der Waals surface area contributed by atoms with Crippen molar-refractivity contribution in [2.24, 2.45) is 17.3 Å². The first-order valence-corrected chi connectivity index (χ1v) is 5.46. The van der Waals surface area contributed by atoms with Gasteiger partial charge in [-0.25, -0.2) is 0 Å². The zero-order valence-electron chi connectivity index (χ0n) is 9.19. The second kappa shape index (κ2) is 4.21. The Bertz CT molecular complexity index is 270. The molecule has 0 aromatic carbocycles. The van der Waals surface area contributed by atoms with Gasteiger partial charge in [0.1, 0.15) is 0 Å². The number of carbonyl (C=O) groups is 2. The normalized spacial score (nSPS) is 21.7. The average molecular weight is 214 g/mol. The molecule has 0 aromatic heterocycles. The first kappa shape index (κ1) is 12.0. The summed E-state index contributed by atoms with van der Waals surface area (Å²) < 4.78 is 0. The molecule has 0 amide bonds. The fourth-order valence-electron chi connectivity index (χ4n) is 2.65. The molecule has 1 fully saturated rings. The molecule has 1 aliphatic rings. The summed E-state index contributed by atoms with van der Waals surface area (Å²) >= 11 is 0. The molecule has 15 heavy (non-hydrogen) atoms. The SMILES string of the molecule is CCC(C(=O)O)C(CC)(C(=O)O)C1CC1. The molecule has 4 heteroatoms. The van der Waals surface area contributed by atoms with E-state index in [1.807, 2.05) is 0 Å². The van der Waals surface area contributed by atoms with Crippen LogP contribution in [-0.2, 0) is 9.59 Å². The third-order valence-electron chi connectivity index (χ3n) is 3.62. The van der Waals surface area contributed by atoms with Gasteiger partial charge in [-0.1, -0.05) is 13.8 Å². The number of carboxylic acids is 2. The van der Waals surface area contributed by atoms with Crippen molar-refractivity contribution < 1.29 is 19.8 Å². The summed E-state index contributed by atoms with van der Waals surface area (Å²) in [5.74, 6) is -2.62. The third-order valence-corrected chi connectivity index (χ3v) is 3.62. The van der Waals surface area contributed by atoms with E-state index in [2.05, 4.69) is 0 Å². The monoisotopic (exact) mass is 214 g/mol. The molecule has 1 saturated carbocycles. The van der Waals surface area contributed by atoms with Gasteiger partial charge < -0.3 is 10.2 Å². The van der Waals surface area contributed by atoms with Crippen molar-refractivity contribution in [3.8, 4) is 0 Å². The Morgan fingerprint density at radius 2 is 1.87 bits per heavy atom. The van der Waals surface area contributed by atoms with Crippen LogP contribution in [0.15, 0.2) is 0 Å². The van der Waals surface area contributed by atoms with Crippen molar-refractivity contribution >= 4 is 11.9 Å². The van der Waals surface area contributed by atoms with Gasteiger partial charge in [0.15, 0.2) is 0 Å². The van der Waals surface area contributed by atoms with Gasteiger partial charge in [-0.3, -0.25) is 9.59 Å². The number of carboxylic acid groups (broad SMARTS) is 2. The van der Waals surface area contributed by atoms with Crippen molar-refractivity contribution in [3.63, 3.8) is 0 Å². The molecule has 0 aromatic rings. The standard InChI is InChI=1S/C11H18O4/c1-3-8(9(12)13)11(4-2,10(14)15)7-5-6-7/h7-8H,3-6H2,1-2H3,(H,12,13)(H,14,15). The van der Waals surface area contributed by atoms with Gasteiger partial charge in [0.2, 0.25) is 0 Å². The van der Waals surface area contributed by atoms with Crippen LogP contribution < -0.4 is 0 Å². The maximum atomic E-state index is 11.4. The summed E-state index contributed by atoms with van der Waals surface area (Å²) in [5.41, 5.74) is -1.04. The van der Waals surface area contributed by atoms with Gasteiger partial charge in [-0.15, -0.1) is 0 Å². The lowest BCUT2D eigenvalue weighted by atomic mass is 9.68.